The summed E-state index contributed by atoms with van der Waals surface area (Å²) in [6, 6.07) is 14.6. The fourth-order valence-corrected chi connectivity index (χ4v) is 3.83. The van der Waals surface area contributed by atoms with Gasteiger partial charge in [-0.15, -0.1) is 0 Å². The molecule has 30 heavy (non-hydrogen) atoms. The average molecular weight is 407 g/mol. The summed E-state index contributed by atoms with van der Waals surface area (Å²) in [6.45, 7) is 9.04. The van der Waals surface area contributed by atoms with Crippen molar-refractivity contribution in [1.29, 1.82) is 0 Å². The van der Waals surface area contributed by atoms with Crippen LogP contribution in [0, 0.1) is 6.92 Å². The Morgan fingerprint density at radius 2 is 1.80 bits per heavy atom. The number of nitrogens with one attached hydrogen (secondary N) is 1. The smallest absolute Gasteiger partial charge is 0.315 e. The summed E-state index contributed by atoms with van der Waals surface area (Å²) >= 11 is 0. The Labute approximate surface area is 177 Å². The van der Waals surface area contributed by atoms with Gasteiger partial charge in [-0.05, 0) is 50.5 Å². The number of amides is 2. The summed E-state index contributed by atoms with van der Waals surface area (Å²) in [5.41, 5.74) is 2.40. The number of carbonyl (C=O) groups is 1. The van der Waals surface area contributed by atoms with E-state index in [0.717, 1.165) is 17.7 Å². The number of benzene rings is 2. The Kier molecular flexibility index (Phi) is 6.87. The Morgan fingerprint density at radius 1 is 1.10 bits per heavy atom. The van der Waals surface area contributed by atoms with Crippen molar-refractivity contribution in [1.82, 2.24) is 14.5 Å². The normalized spacial score (nSPS) is 12.0. The van der Waals surface area contributed by atoms with Gasteiger partial charge in [-0.3, -0.25) is 9.36 Å². The van der Waals surface area contributed by atoms with Crippen molar-refractivity contribution in [2.75, 3.05) is 11.9 Å². The van der Waals surface area contributed by atoms with Crippen LogP contribution in [0.25, 0.3) is 10.9 Å². The number of rotatable bonds is 7. The van der Waals surface area contributed by atoms with Gasteiger partial charge in [-0.25, -0.2) is 9.78 Å². The van der Waals surface area contributed by atoms with Crippen LogP contribution in [0.4, 0.5) is 10.5 Å². The van der Waals surface area contributed by atoms with Gasteiger partial charge in [0.15, 0.2) is 0 Å². The first-order valence-corrected chi connectivity index (χ1v) is 10.6. The molecule has 1 N–H and O–H groups in total. The second-order valence-electron chi connectivity index (χ2n) is 7.40. The summed E-state index contributed by atoms with van der Waals surface area (Å²) in [5.74, 6) is 0.643. The Hall–Kier alpha value is -3.15. The van der Waals surface area contributed by atoms with Crippen LogP contribution in [0.3, 0.4) is 0 Å². The molecule has 0 aliphatic rings. The summed E-state index contributed by atoms with van der Waals surface area (Å²) < 4.78 is 1.74. The first-order chi connectivity index (χ1) is 14.5. The number of nitrogens with zero attached hydrogens (tertiary/aromatic N) is 3. The third-order valence-electron chi connectivity index (χ3n) is 5.39. The molecule has 158 valence electrons. The highest BCUT2D eigenvalue weighted by Crippen LogP contribution is 2.25. The summed E-state index contributed by atoms with van der Waals surface area (Å²) in [7, 11) is 0. The minimum atomic E-state index is -0.303. The predicted molar refractivity (Wildman–Crippen MR) is 122 cm³/mol. The molecule has 0 fully saturated rings. The van der Waals surface area contributed by atoms with Crippen LogP contribution in [-0.2, 0) is 6.54 Å². The van der Waals surface area contributed by atoms with Crippen LogP contribution < -0.4 is 10.9 Å². The quantitative estimate of drug-likeness (QED) is 0.592. The lowest BCUT2D eigenvalue weighted by Gasteiger charge is -2.31. The molecule has 1 aromatic heterocycles. The molecule has 6 nitrogen and oxygen atoms in total. The Morgan fingerprint density at radius 3 is 2.47 bits per heavy atom. The molecule has 3 aromatic rings. The third-order valence-corrected chi connectivity index (χ3v) is 5.39. The minimum Gasteiger partial charge on any atom is -0.315 e. The molecule has 0 aliphatic carbocycles. The number of hydrogen-bond acceptors (Lipinski definition) is 3. The first kappa shape index (κ1) is 21.6. The Balaban J connectivity index is 2.05. The molecule has 0 radical (unpaired) electrons. The van der Waals surface area contributed by atoms with Crippen LogP contribution in [0.1, 0.15) is 51.0 Å². The molecule has 2 amide bonds. The Bertz CT molecular complexity index is 1090. The van der Waals surface area contributed by atoms with E-state index in [0.29, 0.717) is 36.2 Å². The van der Waals surface area contributed by atoms with Gasteiger partial charge in [0, 0.05) is 18.8 Å². The standard InChI is InChI=1S/C24H30N4O2/c1-5-16-28-22(25-20-15-11-9-13-18(20)23(28)29)21(6-2)27(7-3)24(30)26-19-14-10-8-12-17(19)4/h8-15,21H,5-7,16H2,1-4H3,(H,26,30). The van der Waals surface area contributed by atoms with Crippen LogP contribution in [0.15, 0.2) is 53.3 Å². The van der Waals surface area contributed by atoms with Crippen molar-refractivity contribution < 1.29 is 4.79 Å². The molecule has 0 spiro atoms. The number of para-hydroxylation sites is 2. The molecule has 0 saturated heterocycles. The number of urea groups is 1. The highest BCUT2D eigenvalue weighted by molar-refractivity contribution is 5.90. The molecule has 0 bridgehead atoms. The van der Waals surface area contributed by atoms with Crippen LogP contribution >= 0.6 is 0 Å². The molecule has 1 unspecified atom stereocenters. The van der Waals surface area contributed by atoms with Crippen molar-refractivity contribution in [3.05, 3.63) is 70.3 Å². The summed E-state index contributed by atoms with van der Waals surface area (Å²) in [5, 5.41) is 3.63. The molecule has 1 heterocycles. The lowest BCUT2D eigenvalue weighted by Crippen LogP contribution is -2.41. The maximum atomic E-state index is 13.2. The van der Waals surface area contributed by atoms with Crippen molar-refractivity contribution in [2.45, 2.75) is 53.1 Å². The van der Waals surface area contributed by atoms with Crippen molar-refractivity contribution in [2.24, 2.45) is 0 Å². The molecule has 3 rings (SSSR count). The van der Waals surface area contributed by atoms with E-state index in [9.17, 15) is 9.59 Å². The molecule has 2 aromatic carbocycles. The SMILES string of the molecule is CCCn1c(C(CC)N(CC)C(=O)Nc2ccccc2C)nc2ccccc2c1=O. The van der Waals surface area contributed by atoms with Gasteiger partial charge in [-0.2, -0.15) is 0 Å². The van der Waals surface area contributed by atoms with E-state index in [1.807, 2.05) is 76.2 Å². The topological polar surface area (TPSA) is 67.2 Å². The van der Waals surface area contributed by atoms with E-state index < -0.39 is 0 Å². The molecular formula is C24H30N4O2. The van der Waals surface area contributed by atoms with Gasteiger partial charge < -0.3 is 10.2 Å². The molecule has 0 saturated carbocycles. The van der Waals surface area contributed by atoms with E-state index in [1.165, 1.54) is 0 Å². The second-order valence-corrected chi connectivity index (χ2v) is 7.40. The van der Waals surface area contributed by atoms with Gasteiger partial charge in [-0.1, -0.05) is 44.2 Å². The van der Waals surface area contributed by atoms with E-state index in [4.69, 9.17) is 4.98 Å². The fraction of sp³-hybridized carbons (Fsp3) is 0.375. The molecular weight excluding hydrogens is 376 g/mol. The minimum absolute atomic E-state index is 0.0498. The third kappa shape index (κ3) is 4.22. The summed E-state index contributed by atoms with van der Waals surface area (Å²) in [4.78, 5) is 33.0. The van der Waals surface area contributed by atoms with Crippen molar-refractivity contribution in [3.8, 4) is 0 Å². The maximum absolute atomic E-state index is 13.2. The largest absolute Gasteiger partial charge is 0.322 e. The number of fused-ring (bicyclic) bond motifs is 1. The number of hydrogen-bond donors (Lipinski definition) is 1. The number of anilines is 1. The van der Waals surface area contributed by atoms with Crippen LogP contribution in [-0.4, -0.2) is 27.0 Å². The predicted octanol–water partition coefficient (Wildman–Crippen LogP) is 5.12. The zero-order valence-electron chi connectivity index (χ0n) is 18.2. The van der Waals surface area contributed by atoms with Crippen LogP contribution in [0.2, 0.25) is 0 Å². The first-order valence-electron chi connectivity index (χ1n) is 10.6. The number of aryl methyl sites for hydroxylation is 1. The van der Waals surface area contributed by atoms with E-state index in [2.05, 4.69) is 5.32 Å². The highest BCUT2D eigenvalue weighted by atomic mass is 16.2. The molecule has 6 heteroatoms. The molecule has 1 atom stereocenters. The van der Waals surface area contributed by atoms with E-state index in [-0.39, 0.29) is 17.6 Å². The lowest BCUT2D eigenvalue weighted by atomic mass is 10.1. The number of aromatic nitrogens is 2. The fourth-order valence-electron chi connectivity index (χ4n) is 3.83. The van der Waals surface area contributed by atoms with E-state index >= 15 is 0 Å². The van der Waals surface area contributed by atoms with E-state index in [1.54, 1.807) is 9.47 Å². The zero-order valence-corrected chi connectivity index (χ0v) is 18.2. The van der Waals surface area contributed by atoms with Gasteiger partial charge in [0.1, 0.15) is 5.82 Å². The second kappa shape index (κ2) is 9.57. The van der Waals surface area contributed by atoms with Crippen molar-refractivity contribution in [3.63, 3.8) is 0 Å². The number of carbonyl (C=O) groups excluding carboxylic acids is 1. The van der Waals surface area contributed by atoms with Gasteiger partial charge >= 0.3 is 6.03 Å². The highest BCUT2D eigenvalue weighted by Gasteiger charge is 2.27. The van der Waals surface area contributed by atoms with Gasteiger partial charge in [0.05, 0.1) is 16.9 Å². The van der Waals surface area contributed by atoms with Gasteiger partial charge in [0.2, 0.25) is 0 Å². The maximum Gasteiger partial charge on any atom is 0.322 e. The average Bonchev–Trinajstić information content (AvgIpc) is 2.75. The molecule has 0 aliphatic heterocycles. The lowest BCUT2D eigenvalue weighted by molar-refractivity contribution is 0.184. The summed E-state index contributed by atoms with van der Waals surface area (Å²) in [6.07, 6.45) is 1.47. The van der Waals surface area contributed by atoms with Gasteiger partial charge in [0.25, 0.3) is 5.56 Å². The zero-order chi connectivity index (χ0) is 21.7. The van der Waals surface area contributed by atoms with Crippen LogP contribution in [0.5, 0.6) is 0 Å². The van der Waals surface area contributed by atoms with Crippen molar-refractivity contribution >= 4 is 22.6 Å². The monoisotopic (exact) mass is 406 g/mol.